The van der Waals surface area contributed by atoms with E-state index in [-0.39, 0.29) is 17.4 Å². The van der Waals surface area contributed by atoms with E-state index in [4.69, 9.17) is 22.3 Å². The van der Waals surface area contributed by atoms with Crippen LogP contribution in [-0.4, -0.2) is 32.0 Å². The highest BCUT2D eigenvalue weighted by atomic mass is 35.5. The van der Waals surface area contributed by atoms with Crippen molar-refractivity contribution in [2.75, 3.05) is 6.54 Å². The van der Waals surface area contributed by atoms with E-state index in [9.17, 15) is 9.90 Å². The summed E-state index contributed by atoms with van der Waals surface area (Å²) < 4.78 is 2.13. The first-order chi connectivity index (χ1) is 16.3. The van der Waals surface area contributed by atoms with Gasteiger partial charge in [0.25, 0.3) is 5.91 Å². The zero-order valence-electron chi connectivity index (χ0n) is 20.1. The fourth-order valence-corrected chi connectivity index (χ4v) is 5.40. The summed E-state index contributed by atoms with van der Waals surface area (Å²) in [7, 11) is 2.04. The molecule has 3 aromatic rings. The van der Waals surface area contributed by atoms with E-state index in [0.717, 1.165) is 55.7 Å². The lowest BCUT2D eigenvalue weighted by Crippen LogP contribution is -2.33. The molecular weight excluding hydrogens is 448 g/mol. The Hall–Kier alpha value is -2.83. The molecule has 0 aliphatic carbocycles. The minimum Gasteiger partial charge on any atom is -0.507 e. The van der Waals surface area contributed by atoms with Gasteiger partial charge in [-0.1, -0.05) is 56.1 Å². The van der Waals surface area contributed by atoms with Crippen LogP contribution in [-0.2, 0) is 26.4 Å². The number of halogens is 1. The van der Waals surface area contributed by atoms with Gasteiger partial charge in [-0.05, 0) is 61.1 Å². The Labute approximate surface area is 206 Å². The van der Waals surface area contributed by atoms with Gasteiger partial charge < -0.3 is 15.4 Å². The van der Waals surface area contributed by atoms with Crippen LogP contribution >= 0.6 is 11.6 Å². The van der Waals surface area contributed by atoms with Crippen LogP contribution in [0.4, 0.5) is 0 Å². The minimum atomic E-state index is -0.627. The Morgan fingerprint density at radius 1 is 1.18 bits per heavy atom. The highest BCUT2D eigenvalue weighted by Gasteiger charge is 2.28. The number of aryl methyl sites for hydroxylation is 2. The second-order valence-electron chi connectivity index (χ2n) is 9.01. The van der Waals surface area contributed by atoms with E-state index in [1.165, 1.54) is 16.7 Å². The van der Waals surface area contributed by atoms with E-state index < -0.39 is 5.91 Å². The van der Waals surface area contributed by atoms with Crippen molar-refractivity contribution < 1.29 is 9.90 Å². The number of imidazole rings is 1. The van der Waals surface area contributed by atoms with Crippen LogP contribution in [0, 0.1) is 0 Å². The number of benzene rings is 2. The van der Waals surface area contributed by atoms with E-state index in [0.29, 0.717) is 11.7 Å². The van der Waals surface area contributed by atoms with Gasteiger partial charge in [0.2, 0.25) is 0 Å². The van der Waals surface area contributed by atoms with Gasteiger partial charge in [0.15, 0.2) is 5.15 Å². The number of carbonyl (C=O) groups excluding carboxylic acids is 1. The first kappa shape index (κ1) is 24.3. The highest BCUT2D eigenvalue weighted by molar-refractivity contribution is 6.30. The zero-order chi connectivity index (χ0) is 24.4. The molecule has 1 fully saturated rings. The molecule has 0 bridgehead atoms. The summed E-state index contributed by atoms with van der Waals surface area (Å²) >= 11 is 6.74. The number of rotatable bonds is 7. The first-order valence-corrected chi connectivity index (χ1v) is 12.4. The molecule has 1 amide bonds. The van der Waals surface area contributed by atoms with Crippen molar-refractivity contribution in [3.8, 4) is 17.1 Å². The molecule has 6 nitrogen and oxygen atoms in total. The first-order valence-electron chi connectivity index (χ1n) is 12.0. The van der Waals surface area contributed by atoms with E-state index in [1.54, 1.807) is 12.1 Å². The molecule has 1 aliphatic rings. The minimum absolute atomic E-state index is 0.0698. The lowest BCUT2D eigenvalue weighted by molar-refractivity contribution is 0.0997. The third kappa shape index (κ3) is 4.57. The quantitative estimate of drug-likeness (QED) is 0.474. The topological polar surface area (TPSA) is 84.4 Å². The molecule has 1 atom stereocenters. The van der Waals surface area contributed by atoms with Crippen molar-refractivity contribution in [1.82, 2.24) is 14.5 Å². The molecule has 0 spiro atoms. The number of phenols is 1. The normalized spacial score (nSPS) is 16.6. The molecule has 1 aromatic heterocycles. The summed E-state index contributed by atoms with van der Waals surface area (Å²) in [6, 6.07) is 11.7. The second-order valence-corrected chi connectivity index (χ2v) is 9.37. The average Bonchev–Trinajstić information content (AvgIpc) is 3.11. The van der Waals surface area contributed by atoms with Gasteiger partial charge in [0.1, 0.15) is 11.6 Å². The third-order valence-electron chi connectivity index (χ3n) is 7.03. The molecule has 34 heavy (non-hydrogen) atoms. The van der Waals surface area contributed by atoms with Gasteiger partial charge in [-0.2, -0.15) is 0 Å². The molecule has 0 saturated carbocycles. The Morgan fingerprint density at radius 3 is 2.50 bits per heavy atom. The van der Waals surface area contributed by atoms with Crippen molar-refractivity contribution in [3.05, 3.63) is 69.5 Å². The second kappa shape index (κ2) is 10.2. The van der Waals surface area contributed by atoms with Gasteiger partial charge in [-0.3, -0.25) is 9.69 Å². The molecule has 2 heterocycles. The molecular formula is C27H33ClN4O2. The number of hydrogen-bond donors (Lipinski definition) is 2. The molecule has 180 valence electrons. The number of nitrogens with zero attached hydrogens (tertiary/aromatic N) is 3. The van der Waals surface area contributed by atoms with Crippen molar-refractivity contribution in [2.45, 2.75) is 58.5 Å². The van der Waals surface area contributed by atoms with Crippen molar-refractivity contribution in [2.24, 2.45) is 12.8 Å². The van der Waals surface area contributed by atoms with Gasteiger partial charge in [0.05, 0.1) is 11.3 Å². The summed E-state index contributed by atoms with van der Waals surface area (Å²) in [5, 5.41) is 10.9. The maximum Gasteiger partial charge on any atom is 0.252 e. The Bertz CT molecular complexity index is 1180. The fraction of sp³-hybridized carbons (Fsp3) is 0.407. The predicted octanol–water partition coefficient (Wildman–Crippen LogP) is 5.40. The summed E-state index contributed by atoms with van der Waals surface area (Å²) in [4.78, 5) is 18.7. The smallest absolute Gasteiger partial charge is 0.252 e. The van der Waals surface area contributed by atoms with Crippen LogP contribution in [0.3, 0.4) is 0 Å². The number of nitrogens with two attached hydrogens (primary N) is 1. The van der Waals surface area contributed by atoms with Crippen molar-refractivity contribution in [1.29, 1.82) is 0 Å². The average molecular weight is 481 g/mol. The SMILES string of the molecule is CCc1cccc(CC)c1-c1nc(Cl)c(CN2CCCCC2c2ccc(C(N)=O)c(O)c2)n1C. The monoisotopic (exact) mass is 480 g/mol. The summed E-state index contributed by atoms with van der Waals surface area (Å²) in [5.74, 6) is 0.212. The maximum atomic E-state index is 11.5. The zero-order valence-corrected chi connectivity index (χ0v) is 20.9. The van der Waals surface area contributed by atoms with E-state index in [1.807, 2.05) is 13.1 Å². The molecule has 4 rings (SSSR count). The fourth-order valence-electron chi connectivity index (χ4n) is 5.14. The summed E-state index contributed by atoms with van der Waals surface area (Å²) in [6.07, 6.45) is 5.04. The molecule has 3 N–H and O–H groups in total. The number of aromatic nitrogens is 2. The largest absolute Gasteiger partial charge is 0.507 e. The lowest BCUT2D eigenvalue weighted by Gasteiger charge is -2.36. The summed E-state index contributed by atoms with van der Waals surface area (Å²) in [5.41, 5.74) is 11.2. The van der Waals surface area contributed by atoms with Gasteiger partial charge in [-0.15, -0.1) is 0 Å². The number of aromatic hydroxyl groups is 1. The number of amides is 1. The van der Waals surface area contributed by atoms with Crippen LogP contribution in [0.15, 0.2) is 36.4 Å². The Kier molecular flexibility index (Phi) is 7.29. The number of hydrogen-bond acceptors (Lipinski definition) is 4. The Morgan fingerprint density at radius 2 is 1.88 bits per heavy atom. The lowest BCUT2D eigenvalue weighted by atomic mass is 9.94. The van der Waals surface area contributed by atoms with E-state index in [2.05, 4.69) is 41.5 Å². The standard InChI is InChI=1S/C27H33ClN4O2/c1-4-17-9-8-10-18(5-2)24(17)27-30-25(28)22(31(27)3)16-32-14-7-6-11-21(32)19-12-13-20(26(29)34)23(33)15-19/h8-10,12-13,15,21,33H,4-7,11,14,16H2,1-3H3,(H2,29,34). The van der Waals surface area contributed by atoms with Crippen LogP contribution in [0.2, 0.25) is 5.15 Å². The molecule has 1 saturated heterocycles. The Balaban J connectivity index is 1.68. The molecule has 1 unspecified atom stereocenters. The van der Waals surface area contributed by atoms with Crippen LogP contribution in [0.5, 0.6) is 5.75 Å². The van der Waals surface area contributed by atoms with Gasteiger partial charge >= 0.3 is 0 Å². The van der Waals surface area contributed by atoms with Crippen molar-refractivity contribution >= 4 is 17.5 Å². The number of likely N-dealkylation sites (tertiary alicyclic amines) is 1. The molecule has 1 aliphatic heterocycles. The van der Waals surface area contributed by atoms with Crippen molar-refractivity contribution in [3.63, 3.8) is 0 Å². The molecule has 2 aromatic carbocycles. The predicted molar refractivity (Wildman–Crippen MR) is 136 cm³/mol. The van der Waals surface area contributed by atoms with Crippen LogP contribution in [0.25, 0.3) is 11.4 Å². The molecule has 7 heteroatoms. The van der Waals surface area contributed by atoms with E-state index >= 15 is 0 Å². The summed E-state index contributed by atoms with van der Waals surface area (Å²) in [6.45, 7) is 5.91. The van der Waals surface area contributed by atoms with Gasteiger partial charge in [0, 0.05) is 25.2 Å². The van der Waals surface area contributed by atoms with Crippen LogP contribution in [0.1, 0.15) is 71.9 Å². The third-order valence-corrected chi connectivity index (χ3v) is 7.33. The van der Waals surface area contributed by atoms with Crippen LogP contribution < -0.4 is 5.73 Å². The maximum absolute atomic E-state index is 11.5. The number of carbonyl (C=O) groups is 1. The number of piperidine rings is 1. The highest BCUT2D eigenvalue weighted by Crippen LogP contribution is 2.37. The van der Waals surface area contributed by atoms with Gasteiger partial charge in [-0.25, -0.2) is 4.98 Å². The number of primary amides is 1. The molecule has 0 radical (unpaired) electrons.